The molecule has 0 saturated carbocycles. The van der Waals surface area contributed by atoms with Gasteiger partial charge in [0.25, 0.3) is 0 Å². The molecular weight excluding hydrogens is 985 g/mol. The van der Waals surface area contributed by atoms with Crippen molar-refractivity contribution in [2.75, 3.05) is 25.6 Å². The molecule has 0 amide bonds. The maximum Gasteiger partial charge on any atom is 0.481 e. The zero-order valence-electron chi connectivity index (χ0n) is 43.3. The lowest BCUT2D eigenvalue weighted by Gasteiger charge is -2.21. The number of esters is 2. The van der Waals surface area contributed by atoms with Gasteiger partial charge in [0.05, 0.1) is 19.3 Å². The van der Waals surface area contributed by atoms with Crippen molar-refractivity contribution in [3.05, 3.63) is 83.5 Å². The standard InChI is InChI=1S/C52H87N3O16P2/c1-3-5-7-9-11-13-14-15-16-17-18-19-20-22-24-28-33-37-48(58)69-44(40-66-47(57)36-32-29-25-27-31-35-43(56)34-30-26-23-21-12-10-8-6-4-2)41-67-72(62,63)71-73(64,65)68-42-45-49(59)50(60)51(70-45)55-39-38-46(53)54-52(55)61/h12,15-16,21,25-27,30-31,35,38-39,43-45,49-51,56,59-60H,3-11,13-14,17-20,22-24,28-29,32-34,36-37,40-42H2,1-2H3,(H,62,63)(H,64,65)(H2,53,54,61)/b16-15-,21-12-,27-25+,30-26-,35-31-/t43?,44-,45-,49-,50-,51-/m1/s1. The molecule has 0 aromatic carbocycles. The van der Waals surface area contributed by atoms with Crippen LogP contribution in [0.15, 0.2) is 77.8 Å². The monoisotopic (exact) mass is 1070 g/mol. The third kappa shape index (κ3) is 32.5. The van der Waals surface area contributed by atoms with Gasteiger partial charge < -0.3 is 45.1 Å². The third-order valence-corrected chi connectivity index (χ3v) is 14.3. The maximum atomic E-state index is 12.9. The lowest BCUT2D eigenvalue weighted by atomic mass is 10.1. The number of hydrogen-bond acceptors (Lipinski definition) is 16. The Kier molecular flexibility index (Phi) is 35.7. The second kappa shape index (κ2) is 39.8. The average molecular weight is 1070 g/mol. The van der Waals surface area contributed by atoms with Gasteiger partial charge in [-0.1, -0.05) is 152 Å². The predicted molar refractivity (Wildman–Crippen MR) is 281 cm³/mol. The molecule has 8 atom stereocenters. The van der Waals surface area contributed by atoms with E-state index in [4.69, 9.17) is 29.0 Å². The largest absolute Gasteiger partial charge is 0.481 e. The number of nitrogens with two attached hydrogens (primary N) is 1. The fourth-order valence-electron chi connectivity index (χ4n) is 7.50. The van der Waals surface area contributed by atoms with E-state index in [0.717, 1.165) is 75.0 Å². The van der Waals surface area contributed by atoms with Crippen LogP contribution >= 0.6 is 15.6 Å². The number of anilines is 1. The van der Waals surface area contributed by atoms with Crippen molar-refractivity contribution < 1.29 is 71.4 Å². The zero-order chi connectivity index (χ0) is 53.6. The Morgan fingerprint density at radius 1 is 0.726 bits per heavy atom. The van der Waals surface area contributed by atoms with E-state index in [2.05, 4.69) is 47.4 Å². The van der Waals surface area contributed by atoms with Crippen molar-refractivity contribution in [3.8, 4) is 0 Å². The predicted octanol–water partition coefficient (Wildman–Crippen LogP) is 10.1. The van der Waals surface area contributed by atoms with Crippen molar-refractivity contribution >= 4 is 33.4 Å². The van der Waals surface area contributed by atoms with Gasteiger partial charge in [-0.05, 0) is 76.7 Å². The number of carbonyl (C=O) groups is 2. The van der Waals surface area contributed by atoms with Gasteiger partial charge in [0.1, 0.15) is 30.7 Å². The van der Waals surface area contributed by atoms with Gasteiger partial charge in [-0.2, -0.15) is 9.29 Å². The number of rotatable bonds is 43. The minimum Gasteiger partial charge on any atom is -0.462 e. The average Bonchev–Trinajstić information content (AvgIpc) is 3.62. The first-order valence-corrected chi connectivity index (χ1v) is 29.4. The molecular formula is C52H87N3O16P2. The second-order valence-electron chi connectivity index (χ2n) is 18.2. The molecule has 3 unspecified atom stereocenters. The number of phosphoric acid groups is 2. The first kappa shape index (κ1) is 65.5. The Hall–Kier alpha value is -3.58. The fourth-order valence-corrected chi connectivity index (χ4v) is 9.61. The highest BCUT2D eigenvalue weighted by molar-refractivity contribution is 7.61. The highest BCUT2D eigenvalue weighted by atomic mass is 31.3. The molecule has 2 rings (SSSR count). The molecule has 416 valence electrons. The number of aromatic nitrogens is 2. The van der Waals surface area contributed by atoms with E-state index in [1.165, 1.54) is 63.9 Å². The zero-order valence-corrected chi connectivity index (χ0v) is 45.1. The van der Waals surface area contributed by atoms with Crippen LogP contribution in [0, 0.1) is 0 Å². The smallest absolute Gasteiger partial charge is 0.462 e. The minimum atomic E-state index is -5.45. The van der Waals surface area contributed by atoms with Crippen LogP contribution in [-0.4, -0.2) is 96.9 Å². The minimum absolute atomic E-state index is 0.0105. The van der Waals surface area contributed by atoms with Crippen LogP contribution in [-0.2, 0) is 46.3 Å². The Bertz CT molecular complexity index is 1980. The first-order valence-electron chi connectivity index (χ1n) is 26.4. The Balaban J connectivity index is 1.84. The van der Waals surface area contributed by atoms with Crippen LogP contribution in [0.1, 0.15) is 181 Å². The molecule has 1 aliphatic heterocycles. The number of aliphatic hydroxyl groups excluding tert-OH is 3. The molecule has 1 fully saturated rings. The van der Waals surface area contributed by atoms with Gasteiger partial charge in [0, 0.05) is 19.0 Å². The van der Waals surface area contributed by atoms with E-state index in [1.807, 2.05) is 18.2 Å². The van der Waals surface area contributed by atoms with Gasteiger partial charge in [-0.3, -0.25) is 23.2 Å². The number of hydrogen-bond donors (Lipinski definition) is 6. The summed E-state index contributed by atoms with van der Waals surface area (Å²) in [6, 6.07) is 1.24. The maximum absolute atomic E-state index is 12.9. The molecule has 0 aliphatic carbocycles. The second-order valence-corrected chi connectivity index (χ2v) is 21.3. The number of ether oxygens (including phenoxy) is 3. The molecule has 21 heteroatoms. The van der Waals surface area contributed by atoms with Crippen LogP contribution in [0.4, 0.5) is 5.82 Å². The molecule has 1 aliphatic rings. The van der Waals surface area contributed by atoms with Crippen molar-refractivity contribution in [2.24, 2.45) is 0 Å². The number of nitrogens with zero attached hydrogens (tertiary/aromatic N) is 2. The van der Waals surface area contributed by atoms with Crippen molar-refractivity contribution in [3.63, 3.8) is 0 Å². The summed E-state index contributed by atoms with van der Waals surface area (Å²) in [5.74, 6) is -1.44. The molecule has 2 heterocycles. The SMILES string of the molecule is CCCCC/C=C\C/C=C\CC(O)/C=C\C=C\CCCC(=O)OC[C@H](COP(=O)(O)OP(=O)(O)OC[C@H]1O[C@@H](n2ccc(N)nc2=O)[C@H](O)[C@@H]1O)OC(=O)CCCCCCCCC/C=C\CCCCCCCC. The Labute approximate surface area is 433 Å². The molecule has 1 aromatic rings. The van der Waals surface area contributed by atoms with Crippen LogP contribution < -0.4 is 11.4 Å². The van der Waals surface area contributed by atoms with Crippen LogP contribution in [0.5, 0.6) is 0 Å². The summed E-state index contributed by atoms with van der Waals surface area (Å²) >= 11 is 0. The van der Waals surface area contributed by atoms with Crippen molar-refractivity contribution in [1.29, 1.82) is 0 Å². The quantitative estimate of drug-likeness (QED) is 0.0117. The number of nitrogen functional groups attached to an aromatic ring is 1. The molecule has 19 nitrogen and oxygen atoms in total. The molecule has 7 N–H and O–H groups in total. The summed E-state index contributed by atoms with van der Waals surface area (Å²) in [4.78, 5) is 62.0. The summed E-state index contributed by atoms with van der Waals surface area (Å²) in [6.07, 6.45) is 36.0. The van der Waals surface area contributed by atoms with E-state index in [9.17, 15) is 48.6 Å². The van der Waals surface area contributed by atoms with Crippen molar-refractivity contribution in [1.82, 2.24) is 9.55 Å². The molecule has 73 heavy (non-hydrogen) atoms. The number of unbranched alkanes of at least 4 members (excludes halogenated alkanes) is 17. The number of allylic oxidation sites excluding steroid dienone is 8. The Morgan fingerprint density at radius 3 is 1.96 bits per heavy atom. The van der Waals surface area contributed by atoms with E-state index in [0.29, 0.717) is 25.7 Å². The van der Waals surface area contributed by atoms with E-state index < -0.39 is 89.8 Å². The lowest BCUT2D eigenvalue weighted by molar-refractivity contribution is -0.161. The van der Waals surface area contributed by atoms with Crippen LogP contribution in [0.3, 0.4) is 0 Å². The first-order chi connectivity index (χ1) is 35.1. The Morgan fingerprint density at radius 2 is 1.29 bits per heavy atom. The summed E-state index contributed by atoms with van der Waals surface area (Å²) in [5.41, 5.74) is 4.58. The number of aliphatic hydroxyl groups is 3. The number of phosphoric ester groups is 2. The topological polar surface area (TPSA) is 286 Å². The van der Waals surface area contributed by atoms with Gasteiger partial charge in [-0.25, -0.2) is 13.9 Å². The van der Waals surface area contributed by atoms with Crippen molar-refractivity contribution in [2.45, 2.75) is 211 Å². The number of carbonyl (C=O) groups excluding carboxylic acids is 2. The van der Waals surface area contributed by atoms with Gasteiger partial charge in [0.2, 0.25) is 0 Å². The molecule has 0 radical (unpaired) electrons. The van der Waals surface area contributed by atoms with E-state index in [-0.39, 0.29) is 18.7 Å². The third-order valence-electron chi connectivity index (χ3n) is 11.7. The highest BCUT2D eigenvalue weighted by Gasteiger charge is 2.46. The summed E-state index contributed by atoms with van der Waals surface area (Å²) < 4.78 is 56.7. The molecule has 0 spiro atoms. The van der Waals surface area contributed by atoms with Crippen LogP contribution in [0.2, 0.25) is 0 Å². The molecule has 1 saturated heterocycles. The van der Waals surface area contributed by atoms with Gasteiger partial charge >= 0.3 is 33.3 Å². The normalized spacial score (nSPS) is 19.9. The molecule has 1 aromatic heterocycles. The summed E-state index contributed by atoms with van der Waals surface area (Å²) in [7, 11) is -10.9. The fraction of sp³-hybridized carbons (Fsp3) is 0.692. The molecule has 0 bridgehead atoms. The van der Waals surface area contributed by atoms with Gasteiger partial charge in [0.15, 0.2) is 12.3 Å². The highest BCUT2D eigenvalue weighted by Crippen LogP contribution is 2.60. The lowest BCUT2D eigenvalue weighted by Crippen LogP contribution is -2.36. The van der Waals surface area contributed by atoms with Gasteiger partial charge in [-0.15, -0.1) is 0 Å². The summed E-state index contributed by atoms with van der Waals surface area (Å²) in [6.45, 7) is 1.98. The van der Waals surface area contributed by atoms with Crippen LogP contribution in [0.25, 0.3) is 0 Å². The summed E-state index contributed by atoms with van der Waals surface area (Å²) in [5, 5.41) is 31.1. The van der Waals surface area contributed by atoms with E-state index in [1.54, 1.807) is 18.2 Å². The van der Waals surface area contributed by atoms with E-state index >= 15 is 0 Å².